The normalized spacial score (nSPS) is 10.4. The SMILES string of the molecule is CN(C)c1c(F)cc(NC(=O)C(=O)NCCc2c(F)cccc2F)cc1F. The first kappa shape index (κ1) is 20.2. The molecule has 0 spiro atoms. The molecule has 0 heterocycles. The highest BCUT2D eigenvalue weighted by atomic mass is 19.1. The van der Waals surface area contributed by atoms with Crippen molar-refractivity contribution in [1.82, 2.24) is 5.32 Å². The van der Waals surface area contributed by atoms with Gasteiger partial charge in [-0.05, 0) is 30.7 Å². The summed E-state index contributed by atoms with van der Waals surface area (Å²) in [4.78, 5) is 24.8. The maximum absolute atomic E-state index is 13.9. The molecule has 0 bridgehead atoms. The molecule has 2 N–H and O–H groups in total. The van der Waals surface area contributed by atoms with Crippen LogP contribution in [-0.2, 0) is 16.0 Å². The van der Waals surface area contributed by atoms with Crippen molar-refractivity contribution in [2.45, 2.75) is 6.42 Å². The van der Waals surface area contributed by atoms with E-state index in [0.717, 1.165) is 24.3 Å². The summed E-state index contributed by atoms with van der Waals surface area (Å²) in [5, 5.41) is 4.25. The number of nitrogens with one attached hydrogen (secondary N) is 2. The minimum absolute atomic E-state index is 0.168. The van der Waals surface area contributed by atoms with E-state index >= 15 is 0 Å². The quantitative estimate of drug-likeness (QED) is 0.616. The van der Waals surface area contributed by atoms with Gasteiger partial charge in [-0.3, -0.25) is 9.59 Å². The lowest BCUT2D eigenvalue weighted by Gasteiger charge is -2.15. The van der Waals surface area contributed by atoms with Gasteiger partial charge in [0.25, 0.3) is 0 Å². The fraction of sp³-hybridized carbons (Fsp3) is 0.222. The van der Waals surface area contributed by atoms with Gasteiger partial charge in [0.1, 0.15) is 17.3 Å². The van der Waals surface area contributed by atoms with Gasteiger partial charge in [0, 0.05) is 31.9 Å². The summed E-state index contributed by atoms with van der Waals surface area (Å²) in [6.07, 6.45) is -0.168. The minimum Gasteiger partial charge on any atom is -0.373 e. The lowest BCUT2D eigenvalue weighted by atomic mass is 10.1. The van der Waals surface area contributed by atoms with E-state index in [1.165, 1.54) is 25.1 Å². The summed E-state index contributed by atoms with van der Waals surface area (Å²) in [5.74, 6) is -5.62. The third kappa shape index (κ3) is 4.96. The largest absolute Gasteiger partial charge is 0.373 e. The van der Waals surface area contributed by atoms with E-state index in [2.05, 4.69) is 10.6 Å². The highest BCUT2D eigenvalue weighted by Gasteiger charge is 2.18. The van der Waals surface area contributed by atoms with Gasteiger partial charge >= 0.3 is 11.8 Å². The Morgan fingerprint density at radius 3 is 2.00 bits per heavy atom. The van der Waals surface area contributed by atoms with Crippen molar-refractivity contribution in [2.24, 2.45) is 0 Å². The van der Waals surface area contributed by atoms with Crippen molar-refractivity contribution in [3.05, 3.63) is 59.2 Å². The van der Waals surface area contributed by atoms with Crippen molar-refractivity contribution in [2.75, 3.05) is 30.9 Å². The maximum atomic E-state index is 13.9. The van der Waals surface area contributed by atoms with Crippen molar-refractivity contribution in [3.63, 3.8) is 0 Å². The molecule has 0 aliphatic rings. The van der Waals surface area contributed by atoms with Crippen LogP contribution in [0.5, 0.6) is 0 Å². The number of anilines is 2. The molecular weight excluding hydrogens is 366 g/mol. The zero-order valence-electron chi connectivity index (χ0n) is 14.6. The van der Waals surface area contributed by atoms with E-state index in [1.807, 2.05) is 0 Å². The van der Waals surface area contributed by atoms with E-state index < -0.39 is 35.1 Å². The molecule has 2 rings (SSSR count). The van der Waals surface area contributed by atoms with Gasteiger partial charge in [0.2, 0.25) is 0 Å². The van der Waals surface area contributed by atoms with Crippen molar-refractivity contribution < 1.29 is 27.2 Å². The van der Waals surface area contributed by atoms with Crippen LogP contribution in [0.15, 0.2) is 30.3 Å². The molecule has 2 aromatic carbocycles. The summed E-state index contributed by atoms with van der Waals surface area (Å²) in [6.45, 7) is -0.202. The minimum atomic E-state index is -1.17. The van der Waals surface area contributed by atoms with E-state index in [0.29, 0.717) is 0 Å². The van der Waals surface area contributed by atoms with Gasteiger partial charge in [-0.25, -0.2) is 17.6 Å². The predicted octanol–water partition coefficient (Wildman–Crippen LogP) is 2.61. The van der Waals surface area contributed by atoms with Crippen LogP contribution in [0.25, 0.3) is 0 Å². The predicted molar refractivity (Wildman–Crippen MR) is 92.4 cm³/mol. The maximum Gasteiger partial charge on any atom is 0.313 e. The number of carbonyl (C=O) groups excluding carboxylic acids is 2. The van der Waals surface area contributed by atoms with E-state index in [9.17, 15) is 27.2 Å². The lowest BCUT2D eigenvalue weighted by Crippen LogP contribution is -2.36. The zero-order valence-corrected chi connectivity index (χ0v) is 14.6. The highest BCUT2D eigenvalue weighted by molar-refractivity contribution is 6.39. The molecular formula is C18H17F4N3O2. The number of hydrogen-bond acceptors (Lipinski definition) is 3. The number of benzene rings is 2. The number of carbonyl (C=O) groups is 2. The monoisotopic (exact) mass is 383 g/mol. The summed E-state index contributed by atoms with van der Waals surface area (Å²) in [5.41, 5.74) is -0.748. The van der Waals surface area contributed by atoms with Gasteiger partial charge in [0.15, 0.2) is 11.6 Å². The van der Waals surface area contributed by atoms with Crippen molar-refractivity contribution in [3.8, 4) is 0 Å². The topological polar surface area (TPSA) is 61.4 Å². The van der Waals surface area contributed by atoms with Gasteiger partial charge in [-0.1, -0.05) is 6.07 Å². The second-order valence-electron chi connectivity index (χ2n) is 5.84. The molecule has 27 heavy (non-hydrogen) atoms. The fourth-order valence-electron chi connectivity index (χ4n) is 2.41. The van der Waals surface area contributed by atoms with Crippen LogP contribution in [0.1, 0.15) is 5.56 Å². The molecule has 2 amide bonds. The molecule has 0 aliphatic heterocycles. The zero-order chi connectivity index (χ0) is 20.1. The van der Waals surface area contributed by atoms with Gasteiger partial charge < -0.3 is 15.5 Å². The number of amides is 2. The number of halogens is 4. The van der Waals surface area contributed by atoms with Gasteiger partial charge in [0.05, 0.1) is 0 Å². The fourth-order valence-corrected chi connectivity index (χ4v) is 2.41. The van der Waals surface area contributed by atoms with Crippen LogP contribution in [0.3, 0.4) is 0 Å². The Morgan fingerprint density at radius 1 is 0.926 bits per heavy atom. The van der Waals surface area contributed by atoms with Crippen LogP contribution in [0, 0.1) is 23.3 Å². The summed E-state index contributed by atoms with van der Waals surface area (Å²) in [6, 6.07) is 5.11. The Labute approximate surface area is 153 Å². The first-order chi connectivity index (χ1) is 12.7. The molecule has 144 valence electrons. The second kappa shape index (κ2) is 8.52. The van der Waals surface area contributed by atoms with E-state index in [1.54, 1.807) is 0 Å². The molecule has 0 unspecified atom stereocenters. The molecule has 0 saturated heterocycles. The molecule has 0 aliphatic carbocycles. The van der Waals surface area contributed by atoms with Crippen LogP contribution in [-0.4, -0.2) is 32.5 Å². The third-order valence-corrected chi connectivity index (χ3v) is 3.65. The standard InChI is InChI=1S/C18H17F4N3O2/c1-25(2)16-14(21)8-10(9-15(16)22)24-18(27)17(26)23-7-6-11-12(19)4-3-5-13(11)20/h3-5,8-9H,6-7H2,1-2H3,(H,23,26)(H,24,27). The smallest absolute Gasteiger partial charge is 0.313 e. The average Bonchev–Trinajstić information content (AvgIpc) is 2.56. The Bertz CT molecular complexity index is 828. The number of nitrogens with zero attached hydrogens (tertiary/aromatic N) is 1. The van der Waals surface area contributed by atoms with Crippen LogP contribution in [0.2, 0.25) is 0 Å². The molecule has 0 aromatic heterocycles. The summed E-state index contributed by atoms with van der Waals surface area (Å²) in [7, 11) is 2.90. The Hall–Kier alpha value is -3.10. The molecule has 9 heteroatoms. The average molecular weight is 383 g/mol. The van der Waals surface area contributed by atoms with Gasteiger partial charge in [-0.2, -0.15) is 0 Å². The second-order valence-corrected chi connectivity index (χ2v) is 5.84. The van der Waals surface area contributed by atoms with Crippen molar-refractivity contribution >= 4 is 23.2 Å². The summed E-state index contributed by atoms with van der Waals surface area (Å²) >= 11 is 0. The van der Waals surface area contributed by atoms with Crippen LogP contribution in [0.4, 0.5) is 28.9 Å². The molecule has 2 aromatic rings. The molecule has 0 atom stereocenters. The van der Waals surface area contributed by atoms with Crippen molar-refractivity contribution in [1.29, 1.82) is 0 Å². The molecule has 0 saturated carbocycles. The first-order valence-electron chi connectivity index (χ1n) is 7.89. The van der Waals surface area contributed by atoms with E-state index in [4.69, 9.17) is 0 Å². The Morgan fingerprint density at radius 2 is 1.48 bits per heavy atom. The Kier molecular flexibility index (Phi) is 6.38. The molecule has 5 nitrogen and oxygen atoms in total. The van der Waals surface area contributed by atoms with Crippen LogP contribution < -0.4 is 15.5 Å². The number of hydrogen-bond donors (Lipinski definition) is 2. The van der Waals surface area contributed by atoms with Crippen LogP contribution >= 0.6 is 0 Å². The molecule has 0 fully saturated rings. The molecule has 0 radical (unpaired) electrons. The Balaban J connectivity index is 1.95. The lowest BCUT2D eigenvalue weighted by molar-refractivity contribution is -0.136. The highest BCUT2D eigenvalue weighted by Crippen LogP contribution is 2.25. The first-order valence-corrected chi connectivity index (χ1v) is 7.89. The number of rotatable bonds is 5. The van der Waals surface area contributed by atoms with E-state index in [-0.39, 0.29) is 29.9 Å². The third-order valence-electron chi connectivity index (χ3n) is 3.65. The summed E-state index contributed by atoms with van der Waals surface area (Å²) < 4.78 is 54.7. The van der Waals surface area contributed by atoms with Gasteiger partial charge in [-0.15, -0.1) is 0 Å².